The van der Waals surface area contributed by atoms with Crippen LogP contribution in [0, 0.1) is 5.82 Å². The van der Waals surface area contributed by atoms with Gasteiger partial charge in [0.05, 0.1) is 13.2 Å². The van der Waals surface area contributed by atoms with Crippen LogP contribution in [0.1, 0.15) is 17.2 Å². The van der Waals surface area contributed by atoms with Crippen LogP contribution in [0.4, 0.5) is 9.18 Å². The highest BCUT2D eigenvalue weighted by molar-refractivity contribution is 7.07. The van der Waals surface area contributed by atoms with Gasteiger partial charge < -0.3 is 15.0 Å². The van der Waals surface area contributed by atoms with E-state index < -0.39 is 6.10 Å². The maximum absolute atomic E-state index is 13.8. The predicted molar refractivity (Wildman–Crippen MR) is 83.2 cm³/mol. The molecule has 2 heterocycles. The molecule has 3 rings (SSSR count). The molecule has 1 saturated heterocycles. The number of rotatable bonds is 3. The van der Waals surface area contributed by atoms with Gasteiger partial charge in [0.1, 0.15) is 11.9 Å². The van der Waals surface area contributed by atoms with E-state index in [1.807, 2.05) is 16.8 Å². The fourth-order valence-corrected chi connectivity index (χ4v) is 3.11. The smallest absolute Gasteiger partial charge is 0.317 e. The second-order valence-corrected chi connectivity index (χ2v) is 5.90. The molecule has 1 unspecified atom stereocenters. The third-order valence-corrected chi connectivity index (χ3v) is 4.36. The average Bonchev–Trinajstić information content (AvgIpc) is 3.06. The highest BCUT2D eigenvalue weighted by atomic mass is 32.1. The van der Waals surface area contributed by atoms with Crippen molar-refractivity contribution in [3.05, 3.63) is 58.0 Å². The molecule has 2 aromatic rings. The van der Waals surface area contributed by atoms with E-state index in [2.05, 4.69) is 5.32 Å². The van der Waals surface area contributed by atoms with Gasteiger partial charge in [0.2, 0.25) is 0 Å². The predicted octanol–water partition coefficient (Wildman–Crippen LogP) is 3.17. The lowest BCUT2D eigenvalue weighted by molar-refractivity contribution is -0.0171. The van der Waals surface area contributed by atoms with Crippen LogP contribution in [0.25, 0.3) is 0 Å². The topological polar surface area (TPSA) is 41.6 Å². The van der Waals surface area contributed by atoms with Gasteiger partial charge in [0.25, 0.3) is 0 Å². The number of hydrogen-bond acceptors (Lipinski definition) is 3. The Labute approximate surface area is 132 Å². The molecule has 0 radical (unpaired) electrons. The van der Waals surface area contributed by atoms with Crippen LogP contribution in [0.2, 0.25) is 0 Å². The first-order chi connectivity index (χ1) is 10.7. The molecular weight excluding hydrogens is 303 g/mol. The summed E-state index contributed by atoms with van der Waals surface area (Å²) in [6.07, 6.45) is -0.415. The summed E-state index contributed by atoms with van der Waals surface area (Å²) in [6.45, 7) is 1.78. The molecule has 1 aromatic heterocycles. The minimum Gasteiger partial charge on any atom is -0.370 e. The number of carbonyl (C=O) groups excluding carboxylic acids is 1. The summed E-state index contributed by atoms with van der Waals surface area (Å²) in [7, 11) is 0. The second-order valence-electron chi connectivity index (χ2n) is 5.12. The molecule has 22 heavy (non-hydrogen) atoms. The number of amides is 2. The first-order valence-electron chi connectivity index (χ1n) is 7.14. The van der Waals surface area contributed by atoms with E-state index in [0.29, 0.717) is 31.8 Å². The summed E-state index contributed by atoms with van der Waals surface area (Å²) >= 11 is 1.60. The zero-order valence-electron chi connectivity index (χ0n) is 12.0. The van der Waals surface area contributed by atoms with E-state index >= 15 is 0 Å². The molecule has 0 saturated carbocycles. The van der Waals surface area contributed by atoms with Gasteiger partial charge in [-0.3, -0.25) is 0 Å². The van der Waals surface area contributed by atoms with Crippen LogP contribution in [0.15, 0.2) is 41.1 Å². The highest BCUT2D eigenvalue weighted by Crippen LogP contribution is 2.24. The van der Waals surface area contributed by atoms with Crippen molar-refractivity contribution in [3.8, 4) is 0 Å². The lowest BCUT2D eigenvalue weighted by Crippen LogP contribution is -2.47. The van der Waals surface area contributed by atoms with E-state index in [9.17, 15) is 9.18 Å². The van der Waals surface area contributed by atoms with E-state index in [4.69, 9.17) is 4.74 Å². The monoisotopic (exact) mass is 320 g/mol. The van der Waals surface area contributed by atoms with E-state index in [1.54, 1.807) is 34.4 Å². The van der Waals surface area contributed by atoms with Gasteiger partial charge in [-0.25, -0.2) is 9.18 Å². The number of nitrogens with zero attached hydrogens (tertiary/aromatic N) is 1. The van der Waals surface area contributed by atoms with E-state index in [1.165, 1.54) is 6.07 Å². The van der Waals surface area contributed by atoms with Crippen molar-refractivity contribution in [3.63, 3.8) is 0 Å². The van der Waals surface area contributed by atoms with Crippen molar-refractivity contribution in [1.82, 2.24) is 10.2 Å². The summed E-state index contributed by atoms with van der Waals surface area (Å²) in [6, 6.07) is 8.37. The van der Waals surface area contributed by atoms with Crippen molar-refractivity contribution in [2.75, 3.05) is 19.7 Å². The van der Waals surface area contributed by atoms with E-state index in [-0.39, 0.29) is 11.8 Å². The summed E-state index contributed by atoms with van der Waals surface area (Å²) < 4.78 is 19.5. The van der Waals surface area contributed by atoms with Gasteiger partial charge in [0, 0.05) is 18.7 Å². The molecule has 0 spiro atoms. The number of halogens is 1. The van der Waals surface area contributed by atoms with Gasteiger partial charge in [0.15, 0.2) is 0 Å². The number of urea groups is 1. The van der Waals surface area contributed by atoms with Crippen molar-refractivity contribution < 1.29 is 13.9 Å². The number of carbonyl (C=O) groups is 1. The Morgan fingerprint density at radius 3 is 3.05 bits per heavy atom. The maximum atomic E-state index is 13.8. The number of hydrogen-bond donors (Lipinski definition) is 1. The Kier molecular flexibility index (Phi) is 4.70. The van der Waals surface area contributed by atoms with Crippen LogP contribution >= 0.6 is 11.3 Å². The Hall–Kier alpha value is -1.92. The molecule has 0 aliphatic carbocycles. The molecule has 1 N–H and O–H groups in total. The molecule has 116 valence electrons. The van der Waals surface area contributed by atoms with Crippen molar-refractivity contribution in [1.29, 1.82) is 0 Å². The fourth-order valence-electron chi connectivity index (χ4n) is 2.44. The standard InChI is InChI=1S/C16H17FN2O2S/c17-14-4-2-1-3-13(14)15-10-19(6-7-21-15)16(20)18-9-12-5-8-22-11-12/h1-5,8,11,15H,6-7,9-10H2,(H,18,20). The second kappa shape index (κ2) is 6.89. The first-order valence-corrected chi connectivity index (χ1v) is 8.08. The van der Waals surface area contributed by atoms with Gasteiger partial charge in [-0.05, 0) is 28.5 Å². The SMILES string of the molecule is O=C(NCc1ccsc1)N1CCOC(c2ccccc2F)C1. The molecule has 0 bridgehead atoms. The largest absolute Gasteiger partial charge is 0.370 e. The third kappa shape index (κ3) is 3.45. The average molecular weight is 320 g/mol. The van der Waals surface area contributed by atoms with Crippen LogP contribution in [-0.2, 0) is 11.3 Å². The molecule has 1 aliphatic heterocycles. The maximum Gasteiger partial charge on any atom is 0.317 e. The minimum absolute atomic E-state index is 0.143. The molecule has 4 nitrogen and oxygen atoms in total. The molecule has 1 aliphatic rings. The third-order valence-electron chi connectivity index (χ3n) is 3.63. The van der Waals surface area contributed by atoms with Crippen LogP contribution < -0.4 is 5.32 Å². The zero-order valence-corrected chi connectivity index (χ0v) is 12.8. The Bertz CT molecular complexity index is 633. The Morgan fingerprint density at radius 2 is 2.27 bits per heavy atom. The summed E-state index contributed by atoms with van der Waals surface area (Å²) in [5.41, 5.74) is 1.58. The molecule has 2 amide bonds. The molecule has 1 atom stereocenters. The number of thiophene rings is 1. The summed E-state index contributed by atoms with van der Waals surface area (Å²) in [4.78, 5) is 13.9. The quantitative estimate of drug-likeness (QED) is 0.944. The van der Waals surface area contributed by atoms with Gasteiger partial charge in [-0.2, -0.15) is 11.3 Å². The molecule has 6 heteroatoms. The van der Waals surface area contributed by atoms with Crippen LogP contribution in [-0.4, -0.2) is 30.6 Å². The number of nitrogens with one attached hydrogen (secondary N) is 1. The van der Waals surface area contributed by atoms with Crippen LogP contribution in [0.5, 0.6) is 0 Å². The Morgan fingerprint density at radius 1 is 1.41 bits per heavy atom. The molecule has 1 fully saturated rings. The normalized spacial score (nSPS) is 18.2. The zero-order chi connectivity index (χ0) is 15.4. The van der Waals surface area contributed by atoms with Crippen LogP contribution in [0.3, 0.4) is 0 Å². The van der Waals surface area contributed by atoms with E-state index in [0.717, 1.165) is 5.56 Å². The highest BCUT2D eigenvalue weighted by Gasteiger charge is 2.26. The van der Waals surface area contributed by atoms with Gasteiger partial charge in [-0.15, -0.1) is 0 Å². The van der Waals surface area contributed by atoms with Crippen molar-refractivity contribution in [2.45, 2.75) is 12.6 Å². The van der Waals surface area contributed by atoms with Gasteiger partial charge >= 0.3 is 6.03 Å². The fraction of sp³-hybridized carbons (Fsp3) is 0.312. The molecule has 1 aromatic carbocycles. The van der Waals surface area contributed by atoms with Gasteiger partial charge in [-0.1, -0.05) is 18.2 Å². The van der Waals surface area contributed by atoms with Crippen molar-refractivity contribution in [2.24, 2.45) is 0 Å². The molecular formula is C16H17FN2O2S. The lowest BCUT2D eigenvalue weighted by Gasteiger charge is -2.33. The minimum atomic E-state index is -0.415. The Balaban J connectivity index is 1.60. The van der Waals surface area contributed by atoms with Crippen molar-refractivity contribution >= 4 is 17.4 Å². The lowest BCUT2D eigenvalue weighted by atomic mass is 10.1. The first kappa shape index (κ1) is 15.0. The number of ether oxygens (including phenoxy) is 1. The summed E-state index contributed by atoms with van der Waals surface area (Å²) in [5, 5.41) is 6.86. The summed E-state index contributed by atoms with van der Waals surface area (Å²) in [5.74, 6) is -0.298. The number of benzene rings is 1. The number of morpholine rings is 1.